The van der Waals surface area contributed by atoms with E-state index in [0.717, 1.165) is 0 Å². The highest BCUT2D eigenvalue weighted by Crippen LogP contribution is 2.31. The van der Waals surface area contributed by atoms with Crippen LogP contribution in [0.2, 0.25) is 0 Å². The second-order valence-electron chi connectivity index (χ2n) is 4.56. The molecule has 0 radical (unpaired) electrons. The minimum atomic E-state index is -1.11. The molecular weight excluding hydrogens is 211 g/mol. The van der Waals surface area contributed by atoms with Crippen LogP contribution in [0.15, 0.2) is 12.1 Å². The Morgan fingerprint density at radius 2 is 2.00 bits per heavy atom. The molecule has 0 saturated carbocycles. The van der Waals surface area contributed by atoms with Gasteiger partial charge in [0.2, 0.25) is 0 Å². The van der Waals surface area contributed by atoms with Crippen molar-refractivity contribution in [2.24, 2.45) is 5.41 Å². The molecule has 0 amide bonds. The molecule has 1 aromatic carbocycles. The maximum Gasteiger partial charge on any atom is 0.309 e. The van der Waals surface area contributed by atoms with Crippen molar-refractivity contribution in [1.29, 1.82) is 0 Å². The van der Waals surface area contributed by atoms with Crippen molar-refractivity contribution in [2.75, 3.05) is 0 Å². The molecule has 1 aromatic rings. The first-order valence-electron chi connectivity index (χ1n) is 4.96. The molecule has 0 unspecified atom stereocenters. The highest BCUT2D eigenvalue weighted by atomic mass is 19.1. The maximum atomic E-state index is 13.5. The van der Waals surface area contributed by atoms with Crippen LogP contribution in [0.4, 0.5) is 4.39 Å². The number of aliphatic carboxylic acids is 1. The van der Waals surface area contributed by atoms with Gasteiger partial charge in [-0.3, -0.25) is 4.79 Å². The number of benzene rings is 1. The summed E-state index contributed by atoms with van der Waals surface area (Å²) in [4.78, 5) is 10.9. The lowest BCUT2D eigenvalue weighted by Crippen LogP contribution is -2.26. The van der Waals surface area contributed by atoms with Gasteiger partial charge in [0.15, 0.2) is 0 Å². The van der Waals surface area contributed by atoms with Gasteiger partial charge >= 0.3 is 5.97 Å². The summed E-state index contributed by atoms with van der Waals surface area (Å²) in [5.74, 6) is -1.75. The molecule has 3 nitrogen and oxygen atoms in total. The number of aromatic hydroxyl groups is 1. The van der Waals surface area contributed by atoms with Gasteiger partial charge in [-0.25, -0.2) is 4.39 Å². The van der Waals surface area contributed by atoms with E-state index >= 15 is 0 Å². The Balaban J connectivity index is 3.15. The van der Waals surface area contributed by atoms with E-state index in [1.54, 1.807) is 6.92 Å². The lowest BCUT2D eigenvalue weighted by molar-refractivity contribution is -0.146. The van der Waals surface area contributed by atoms with Crippen molar-refractivity contribution in [3.8, 4) is 5.75 Å². The number of hydrogen-bond donors (Lipinski definition) is 2. The number of phenols is 1. The van der Waals surface area contributed by atoms with E-state index in [1.807, 2.05) is 0 Å². The molecule has 1 rings (SSSR count). The summed E-state index contributed by atoms with van der Waals surface area (Å²) in [5, 5.41) is 18.6. The predicted octanol–water partition coefficient (Wildman–Crippen LogP) is 2.49. The zero-order valence-electron chi connectivity index (χ0n) is 9.54. The van der Waals surface area contributed by atoms with Gasteiger partial charge in [0.25, 0.3) is 0 Å². The first-order valence-corrected chi connectivity index (χ1v) is 4.96. The lowest BCUT2D eigenvalue weighted by Gasteiger charge is -2.20. The van der Waals surface area contributed by atoms with Gasteiger partial charge in [-0.05, 0) is 38.8 Å². The zero-order chi connectivity index (χ0) is 12.5. The Labute approximate surface area is 93.5 Å². The zero-order valence-corrected chi connectivity index (χ0v) is 9.54. The Hall–Kier alpha value is -1.58. The van der Waals surface area contributed by atoms with Gasteiger partial charge in [-0.1, -0.05) is 6.07 Å². The Morgan fingerprint density at radius 1 is 1.44 bits per heavy atom. The second-order valence-corrected chi connectivity index (χ2v) is 4.56. The van der Waals surface area contributed by atoms with Crippen molar-refractivity contribution < 1.29 is 19.4 Å². The van der Waals surface area contributed by atoms with Crippen LogP contribution in [0.3, 0.4) is 0 Å². The number of phenolic OH excluding ortho intramolecular Hbond substituents is 1. The van der Waals surface area contributed by atoms with Gasteiger partial charge < -0.3 is 10.2 Å². The number of carbonyl (C=O) groups is 1. The summed E-state index contributed by atoms with van der Waals surface area (Å²) in [6.07, 6.45) is -0.0400. The highest BCUT2D eigenvalue weighted by molar-refractivity contribution is 5.74. The van der Waals surface area contributed by atoms with Crippen molar-refractivity contribution in [3.05, 3.63) is 29.1 Å². The molecule has 0 heterocycles. The number of aryl methyl sites for hydroxylation is 1. The lowest BCUT2D eigenvalue weighted by atomic mass is 9.85. The number of halogens is 1. The Morgan fingerprint density at radius 3 is 2.50 bits per heavy atom. The monoisotopic (exact) mass is 226 g/mol. The molecule has 0 aliphatic carbocycles. The van der Waals surface area contributed by atoms with Gasteiger partial charge in [-0.15, -0.1) is 0 Å². The van der Waals surface area contributed by atoms with E-state index in [1.165, 1.54) is 26.0 Å². The molecule has 0 spiro atoms. The molecule has 2 N–H and O–H groups in total. The van der Waals surface area contributed by atoms with Crippen molar-refractivity contribution in [1.82, 2.24) is 0 Å². The van der Waals surface area contributed by atoms with Gasteiger partial charge in [0.1, 0.15) is 11.6 Å². The number of carboxylic acid groups (broad SMARTS) is 1. The van der Waals surface area contributed by atoms with Crippen LogP contribution >= 0.6 is 0 Å². The summed E-state index contributed by atoms with van der Waals surface area (Å²) in [7, 11) is 0. The highest BCUT2D eigenvalue weighted by Gasteiger charge is 2.30. The van der Waals surface area contributed by atoms with Crippen LogP contribution in [0.1, 0.15) is 25.0 Å². The molecule has 0 aliphatic rings. The molecule has 0 atom stereocenters. The number of rotatable bonds is 3. The fraction of sp³-hybridized carbons (Fsp3) is 0.417. The Kier molecular flexibility index (Phi) is 3.21. The summed E-state index contributed by atoms with van der Waals surface area (Å²) in [6.45, 7) is 4.64. The van der Waals surface area contributed by atoms with Crippen LogP contribution in [-0.4, -0.2) is 16.2 Å². The van der Waals surface area contributed by atoms with Gasteiger partial charge in [0.05, 0.1) is 5.41 Å². The third kappa shape index (κ3) is 2.32. The quantitative estimate of drug-likeness (QED) is 0.832. The van der Waals surface area contributed by atoms with Crippen molar-refractivity contribution in [3.63, 3.8) is 0 Å². The largest absolute Gasteiger partial charge is 0.507 e. The van der Waals surface area contributed by atoms with E-state index in [4.69, 9.17) is 5.11 Å². The third-order valence-electron chi connectivity index (χ3n) is 2.62. The SMILES string of the molecule is Cc1ccc(F)c(CC(C)(C)C(=O)O)c1O. The average molecular weight is 226 g/mol. The summed E-state index contributed by atoms with van der Waals surface area (Å²) in [6, 6.07) is 2.70. The van der Waals surface area contributed by atoms with Crippen LogP contribution in [0.5, 0.6) is 5.75 Å². The van der Waals surface area contributed by atoms with E-state index in [9.17, 15) is 14.3 Å². The van der Waals surface area contributed by atoms with E-state index in [2.05, 4.69) is 0 Å². The van der Waals surface area contributed by atoms with E-state index in [0.29, 0.717) is 5.56 Å². The third-order valence-corrected chi connectivity index (χ3v) is 2.62. The standard InChI is InChI=1S/C12H15FO3/c1-7-4-5-9(13)8(10(7)14)6-12(2,3)11(15)16/h4-5,14H,6H2,1-3H3,(H,15,16). The van der Waals surface area contributed by atoms with Crippen LogP contribution in [0, 0.1) is 18.2 Å². The normalized spacial score (nSPS) is 11.5. The molecule has 4 heteroatoms. The summed E-state index contributed by atoms with van der Waals surface area (Å²) in [5.41, 5.74) is -0.503. The summed E-state index contributed by atoms with van der Waals surface area (Å²) >= 11 is 0. The molecule has 0 aliphatic heterocycles. The van der Waals surface area contributed by atoms with Crippen molar-refractivity contribution >= 4 is 5.97 Å². The molecular formula is C12H15FO3. The fourth-order valence-corrected chi connectivity index (χ4v) is 1.41. The predicted molar refractivity (Wildman–Crippen MR) is 57.9 cm³/mol. The molecule has 0 aromatic heterocycles. The molecule has 0 bridgehead atoms. The minimum absolute atomic E-state index is 0.0400. The number of carboxylic acids is 1. The van der Waals surface area contributed by atoms with Gasteiger partial charge in [0, 0.05) is 5.56 Å². The van der Waals surface area contributed by atoms with Crippen LogP contribution in [0.25, 0.3) is 0 Å². The van der Waals surface area contributed by atoms with E-state index in [-0.39, 0.29) is 17.7 Å². The molecule has 16 heavy (non-hydrogen) atoms. The second kappa shape index (κ2) is 4.12. The van der Waals surface area contributed by atoms with Crippen LogP contribution < -0.4 is 0 Å². The fourth-order valence-electron chi connectivity index (χ4n) is 1.41. The summed E-state index contributed by atoms with van der Waals surface area (Å²) < 4.78 is 13.5. The number of hydrogen-bond acceptors (Lipinski definition) is 2. The first kappa shape index (κ1) is 12.5. The van der Waals surface area contributed by atoms with Gasteiger partial charge in [-0.2, -0.15) is 0 Å². The van der Waals surface area contributed by atoms with Crippen molar-refractivity contribution in [2.45, 2.75) is 27.2 Å². The molecule has 88 valence electrons. The minimum Gasteiger partial charge on any atom is -0.507 e. The smallest absolute Gasteiger partial charge is 0.309 e. The van der Waals surface area contributed by atoms with E-state index < -0.39 is 17.2 Å². The maximum absolute atomic E-state index is 13.5. The van der Waals surface area contributed by atoms with Crippen LogP contribution in [-0.2, 0) is 11.2 Å². The topological polar surface area (TPSA) is 57.5 Å². The average Bonchev–Trinajstić information content (AvgIpc) is 2.18. The molecule has 0 saturated heterocycles. The molecule has 0 fully saturated rings. The first-order chi connectivity index (χ1) is 7.25. The Bertz CT molecular complexity index is 425.